The molecule has 2 N–H and O–H groups in total. The van der Waals surface area contributed by atoms with Gasteiger partial charge in [-0.05, 0) is 24.6 Å². The van der Waals surface area contributed by atoms with Crippen LogP contribution in [0.1, 0.15) is 35.8 Å². The van der Waals surface area contributed by atoms with Crippen molar-refractivity contribution in [3.05, 3.63) is 47.8 Å². The number of amides is 1. The second-order valence-corrected chi connectivity index (χ2v) is 4.56. The van der Waals surface area contributed by atoms with Gasteiger partial charge in [0.1, 0.15) is 5.69 Å². The van der Waals surface area contributed by atoms with Crippen LogP contribution in [0.2, 0.25) is 0 Å². The van der Waals surface area contributed by atoms with E-state index in [2.05, 4.69) is 20.8 Å². The van der Waals surface area contributed by atoms with Crippen LogP contribution in [0.4, 0.5) is 20.2 Å². The molecule has 7 heteroatoms. The molecule has 0 radical (unpaired) electrons. The van der Waals surface area contributed by atoms with Gasteiger partial charge in [0.25, 0.3) is 12.3 Å². The fourth-order valence-electron chi connectivity index (χ4n) is 1.89. The Morgan fingerprint density at radius 2 is 1.95 bits per heavy atom. The minimum absolute atomic E-state index is 0.185. The van der Waals surface area contributed by atoms with E-state index in [4.69, 9.17) is 0 Å². The first-order valence-corrected chi connectivity index (χ1v) is 6.87. The molecule has 0 aliphatic carbocycles. The Morgan fingerprint density at radius 1 is 1.23 bits per heavy atom. The Hall–Kier alpha value is -2.57. The van der Waals surface area contributed by atoms with Crippen LogP contribution in [0.3, 0.4) is 0 Å². The van der Waals surface area contributed by atoms with Crippen LogP contribution < -0.4 is 10.6 Å². The molecular weight excluding hydrogens is 290 g/mol. The van der Waals surface area contributed by atoms with E-state index in [0.29, 0.717) is 5.69 Å². The first-order chi connectivity index (χ1) is 10.6. The second kappa shape index (κ2) is 7.44. The number of rotatable bonds is 6. The van der Waals surface area contributed by atoms with E-state index in [1.165, 1.54) is 12.3 Å². The molecule has 0 bridgehead atoms. The van der Waals surface area contributed by atoms with E-state index >= 15 is 0 Å². The summed E-state index contributed by atoms with van der Waals surface area (Å²) in [6.07, 6.45) is -0.725. The summed E-state index contributed by atoms with van der Waals surface area (Å²) in [4.78, 5) is 12.2. The number of anilines is 2. The van der Waals surface area contributed by atoms with Crippen LogP contribution in [0.5, 0.6) is 0 Å². The molecule has 0 aliphatic rings. The van der Waals surface area contributed by atoms with Gasteiger partial charge in [0.2, 0.25) is 0 Å². The largest absolute Gasteiger partial charge is 0.383 e. The SMILES string of the molecule is CCCNc1ccccc1NC(=O)c1ccnnc1C(F)F. The van der Waals surface area contributed by atoms with Gasteiger partial charge in [-0.15, -0.1) is 5.10 Å². The lowest BCUT2D eigenvalue weighted by atomic mass is 10.2. The Morgan fingerprint density at radius 3 is 2.64 bits per heavy atom. The first kappa shape index (κ1) is 15.8. The Bertz CT molecular complexity index is 649. The van der Waals surface area contributed by atoms with E-state index in [1.807, 2.05) is 19.1 Å². The molecule has 5 nitrogen and oxygen atoms in total. The Balaban J connectivity index is 2.23. The summed E-state index contributed by atoms with van der Waals surface area (Å²) >= 11 is 0. The van der Waals surface area contributed by atoms with Crippen molar-refractivity contribution in [2.24, 2.45) is 0 Å². The van der Waals surface area contributed by atoms with Gasteiger partial charge in [-0.1, -0.05) is 19.1 Å². The molecule has 0 saturated heterocycles. The third-order valence-electron chi connectivity index (χ3n) is 2.94. The Labute approximate surface area is 126 Å². The van der Waals surface area contributed by atoms with Crippen molar-refractivity contribution >= 4 is 17.3 Å². The highest BCUT2D eigenvalue weighted by Crippen LogP contribution is 2.24. The number of hydrogen-bond acceptors (Lipinski definition) is 4. The molecule has 0 spiro atoms. The van der Waals surface area contributed by atoms with Crippen LogP contribution in [0.15, 0.2) is 36.5 Å². The lowest BCUT2D eigenvalue weighted by Crippen LogP contribution is -2.17. The number of nitrogens with one attached hydrogen (secondary N) is 2. The predicted molar refractivity (Wildman–Crippen MR) is 80.2 cm³/mol. The highest BCUT2D eigenvalue weighted by atomic mass is 19.3. The van der Waals surface area contributed by atoms with E-state index in [9.17, 15) is 13.6 Å². The summed E-state index contributed by atoms with van der Waals surface area (Å²) in [5.41, 5.74) is 0.450. The van der Waals surface area contributed by atoms with Crippen molar-refractivity contribution in [3.63, 3.8) is 0 Å². The third-order valence-corrected chi connectivity index (χ3v) is 2.94. The number of benzene rings is 1. The molecule has 22 heavy (non-hydrogen) atoms. The van der Waals surface area contributed by atoms with Crippen LogP contribution in [-0.2, 0) is 0 Å². The minimum atomic E-state index is -2.86. The molecule has 0 aliphatic heterocycles. The van der Waals surface area contributed by atoms with Crippen LogP contribution in [-0.4, -0.2) is 22.6 Å². The standard InChI is InChI=1S/C15H16F2N4O/c1-2-8-18-11-5-3-4-6-12(11)20-15(22)10-7-9-19-21-13(10)14(16)17/h3-7,9,14,18H,2,8H2,1H3,(H,20,22). The summed E-state index contributed by atoms with van der Waals surface area (Å²) in [5, 5.41) is 12.5. The molecule has 0 unspecified atom stereocenters. The number of hydrogen-bond donors (Lipinski definition) is 2. The molecule has 0 fully saturated rings. The number of nitrogens with zero attached hydrogens (tertiary/aromatic N) is 2. The third kappa shape index (κ3) is 3.75. The van der Waals surface area contributed by atoms with E-state index < -0.39 is 18.0 Å². The van der Waals surface area contributed by atoms with E-state index in [-0.39, 0.29) is 5.56 Å². The van der Waals surface area contributed by atoms with Gasteiger partial charge >= 0.3 is 0 Å². The highest BCUT2D eigenvalue weighted by molar-refractivity contribution is 6.06. The number of alkyl halides is 2. The Kier molecular flexibility index (Phi) is 5.35. The van der Waals surface area contributed by atoms with Crippen LogP contribution in [0, 0.1) is 0 Å². The number of halogens is 2. The fraction of sp³-hybridized carbons (Fsp3) is 0.267. The monoisotopic (exact) mass is 306 g/mol. The summed E-state index contributed by atoms with van der Waals surface area (Å²) < 4.78 is 25.8. The number of para-hydroxylation sites is 2. The minimum Gasteiger partial charge on any atom is -0.383 e. The maximum absolute atomic E-state index is 12.9. The van der Waals surface area contributed by atoms with Gasteiger partial charge in [0.05, 0.1) is 23.1 Å². The van der Waals surface area contributed by atoms with Crippen LogP contribution >= 0.6 is 0 Å². The molecule has 2 rings (SSSR count). The summed E-state index contributed by atoms with van der Waals surface area (Å²) in [7, 11) is 0. The highest BCUT2D eigenvalue weighted by Gasteiger charge is 2.20. The van der Waals surface area contributed by atoms with Gasteiger partial charge in [-0.2, -0.15) is 5.10 Å². The molecule has 1 heterocycles. The summed E-state index contributed by atoms with van der Waals surface area (Å²) in [6, 6.07) is 8.32. The van der Waals surface area contributed by atoms with Crippen molar-refractivity contribution in [2.45, 2.75) is 19.8 Å². The van der Waals surface area contributed by atoms with Crippen molar-refractivity contribution in [1.82, 2.24) is 10.2 Å². The molecule has 2 aromatic rings. The lowest BCUT2D eigenvalue weighted by Gasteiger charge is -2.13. The summed E-state index contributed by atoms with van der Waals surface area (Å²) in [5.74, 6) is -0.643. The summed E-state index contributed by atoms with van der Waals surface area (Å²) in [6.45, 7) is 2.76. The molecule has 1 aromatic heterocycles. The number of carbonyl (C=O) groups excluding carboxylic acids is 1. The second-order valence-electron chi connectivity index (χ2n) is 4.56. The molecule has 1 amide bonds. The average molecular weight is 306 g/mol. The van der Waals surface area contributed by atoms with Crippen molar-refractivity contribution < 1.29 is 13.6 Å². The predicted octanol–water partition coefficient (Wildman–Crippen LogP) is 3.49. The molecule has 1 aromatic carbocycles. The lowest BCUT2D eigenvalue weighted by molar-refractivity contribution is 0.100. The van der Waals surface area contributed by atoms with Gasteiger partial charge in [0.15, 0.2) is 0 Å². The van der Waals surface area contributed by atoms with Gasteiger partial charge in [-0.3, -0.25) is 4.79 Å². The zero-order valence-electron chi connectivity index (χ0n) is 12.0. The van der Waals surface area contributed by atoms with E-state index in [0.717, 1.165) is 18.7 Å². The fourth-order valence-corrected chi connectivity index (χ4v) is 1.89. The first-order valence-electron chi connectivity index (χ1n) is 6.87. The van der Waals surface area contributed by atoms with Gasteiger partial charge in [0, 0.05) is 6.54 Å². The van der Waals surface area contributed by atoms with Gasteiger partial charge in [-0.25, -0.2) is 8.78 Å². The van der Waals surface area contributed by atoms with Crippen molar-refractivity contribution in [1.29, 1.82) is 0 Å². The topological polar surface area (TPSA) is 66.9 Å². The quantitative estimate of drug-likeness (QED) is 0.857. The molecule has 0 atom stereocenters. The molecular formula is C15H16F2N4O. The zero-order chi connectivity index (χ0) is 15.9. The van der Waals surface area contributed by atoms with E-state index in [1.54, 1.807) is 12.1 Å². The molecule has 0 saturated carbocycles. The maximum Gasteiger partial charge on any atom is 0.282 e. The normalized spacial score (nSPS) is 10.5. The van der Waals surface area contributed by atoms with Crippen molar-refractivity contribution in [3.8, 4) is 0 Å². The molecule has 116 valence electrons. The maximum atomic E-state index is 12.9. The smallest absolute Gasteiger partial charge is 0.282 e. The van der Waals surface area contributed by atoms with Crippen LogP contribution in [0.25, 0.3) is 0 Å². The van der Waals surface area contributed by atoms with Gasteiger partial charge < -0.3 is 10.6 Å². The number of carbonyl (C=O) groups is 1. The van der Waals surface area contributed by atoms with Crippen molar-refractivity contribution in [2.75, 3.05) is 17.2 Å². The zero-order valence-corrected chi connectivity index (χ0v) is 12.0. The number of aromatic nitrogens is 2. The average Bonchev–Trinajstić information content (AvgIpc) is 2.54.